The van der Waals surface area contributed by atoms with Crippen LogP contribution in [0.15, 0.2) is 179 Å². The molecule has 48 heteroatoms. The Balaban J connectivity index is 0.000000109. The van der Waals surface area contributed by atoms with Crippen molar-refractivity contribution in [3.05, 3.63) is 213 Å². The van der Waals surface area contributed by atoms with Crippen LogP contribution in [-0.2, 0) is 14.9 Å². The molecule has 1 saturated carbocycles. The van der Waals surface area contributed by atoms with Crippen molar-refractivity contribution in [3.63, 3.8) is 0 Å². The predicted octanol–water partition coefficient (Wildman–Crippen LogP) is 12.4. The Bertz CT molecular complexity index is 7040. The first-order valence-corrected chi connectivity index (χ1v) is 45.4. The molecule has 7 fully saturated rings. The van der Waals surface area contributed by atoms with Gasteiger partial charge in [0.15, 0.2) is 57.4 Å². The highest BCUT2D eigenvalue weighted by Crippen LogP contribution is 2.49. The first-order valence-electron chi connectivity index (χ1n) is 43.8. The third kappa shape index (κ3) is 20.1. The number of aromatic nitrogens is 26. The molecule has 16 aromatic heterocycles. The number of rotatable bonds is 20. The van der Waals surface area contributed by atoms with Crippen molar-refractivity contribution >= 4 is 67.5 Å². The third-order valence-electron chi connectivity index (χ3n) is 25.2. The van der Waals surface area contributed by atoms with E-state index < -0.39 is 42.3 Å². The number of aliphatic hydroxyl groups is 1. The van der Waals surface area contributed by atoms with Gasteiger partial charge in [0.2, 0.25) is 0 Å². The van der Waals surface area contributed by atoms with Crippen LogP contribution in [0.4, 0.5) is 73.0 Å². The number of ether oxygens (including phenoxy) is 1. The molecule has 0 amide bonds. The molecule has 0 bridgehead atoms. The summed E-state index contributed by atoms with van der Waals surface area (Å²) in [4.78, 5) is 99.3. The minimum atomic E-state index is -3.73. The number of nitrogens with one attached hydrogen (secondary N) is 1. The summed E-state index contributed by atoms with van der Waals surface area (Å²) >= 11 is 0. The zero-order chi connectivity index (χ0) is 93.9. The van der Waals surface area contributed by atoms with Crippen LogP contribution < -0.4 is 34.4 Å². The number of nitrogens with two attached hydrogens (primary N) is 1. The average Bonchev–Trinajstić information content (AvgIpc) is 1.62. The number of pyridine rings is 1. The third-order valence-corrected chi connectivity index (χ3v) is 25.7. The van der Waals surface area contributed by atoms with E-state index >= 15 is 0 Å². The molecule has 6 aliphatic heterocycles. The minimum absolute atomic E-state index is 0.0889. The van der Waals surface area contributed by atoms with Gasteiger partial charge in [-0.05, 0) is 111 Å². The average molecular weight is 1890 g/mol. The number of nitrogens with zero attached hydrogens (tertiary/aromatic N) is 31. The van der Waals surface area contributed by atoms with Crippen LogP contribution in [0.1, 0.15) is 130 Å². The number of anilines is 5. The molecule has 136 heavy (non-hydrogen) atoms. The number of imidazole rings is 5. The first kappa shape index (κ1) is 90.9. The maximum absolute atomic E-state index is 13.0. The van der Waals surface area contributed by atoms with Crippen LogP contribution in [0.2, 0.25) is 0 Å². The number of alkyl halides is 10. The van der Waals surface area contributed by atoms with Crippen LogP contribution >= 0.6 is 0 Å². The van der Waals surface area contributed by atoms with E-state index in [9.17, 15) is 57.4 Å². The van der Waals surface area contributed by atoms with Crippen molar-refractivity contribution in [1.82, 2.24) is 131 Å². The molecule has 0 radical (unpaired) electrons. The molecule has 4 atom stereocenters. The van der Waals surface area contributed by atoms with E-state index in [1.165, 1.54) is 114 Å². The molecular weight excluding hydrogens is 1810 g/mol. The summed E-state index contributed by atoms with van der Waals surface area (Å²) in [6.45, 7) is 10.2. The Kier molecular flexibility index (Phi) is 26.3. The molecule has 6 saturated heterocycles. The molecule has 4 N–H and O–H groups in total. The first-order chi connectivity index (χ1) is 65.9. The number of hydrogen-bond acceptors (Lipinski definition) is 30. The molecule has 23 rings (SSSR count). The van der Waals surface area contributed by atoms with Crippen LogP contribution in [0, 0.1) is 23.2 Å². The number of piperidine rings is 1. The van der Waals surface area contributed by atoms with Gasteiger partial charge < -0.3 is 34.3 Å². The number of hydrogen-bond donors (Lipinski definition) is 3. The van der Waals surface area contributed by atoms with Crippen LogP contribution in [-0.4, -0.2) is 232 Å². The fraction of sp³-hybridized carbons (Fsp3) is 0.375. The van der Waals surface area contributed by atoms with Crippen LogP contribution in [0.25, 0.3) is 85.8 Å². The van der Waals surface area contributed by atoms with Gasteiger partial charge in [-0.25, -0.2) is 153 Å². The van der Waals surface area contributed by atoms with Gasteiger partial charge in [-0.15, -0.1) is 0 Å². The lowest BCUT2D eigenvalue weighted by molar-refractivity contribution is -0.0562. The molecule has 1 spiro atoms. The van der Waals surface area contributed by atoms with Gasteiger partial charge in [-0.1, -0.05) is 12.5 Å². The number of fused-ring (bicyclic) bond motifs is 5. The van der Waals surface area contributed by atoms with Crippen molar-refractivity contribution < 1.29 is 62.2 Å². The predicted molar refractivity (Wildman–Crippen MR) is 475 cm³/mol. The molecular formula is C88H87F10N33O4S. The normalized spacial score (nSPS) is 18.3. The molecule has 4 unspecified atom stereocenters. The molecule has 704 valence electrons. The highest BCUT2D eigenvalue weighted by Gasteiger charge is 2.44. The zero-order valence-corrected chi connectivity index (χ0v) is 73.2. The maximum Gasteiger partial charge on any atom is 0.281 e. The van der Waals surface area contributed by atoms with E-state index in [4.69, 9.17) is 14.9 Å². The van der Waals surface area contributed by atoms with E-state index in [0.29, 0.717) is 147 Å². The quantitative estimate of drug-likeness (QED) is 0.0597. The summed E-state index contributed by atoms with van der Waals surface area (Å²) in [5.74, 6) is 7.77. The molecule has 1 aliphatic carbocycles. The molecule has 22 heterocycles. The van der Waals surface area contributed by atoms with Crippen molar-refractivity contribution in [3.8, 4) is 57.6 Å². The van der Waals surface area contributed by atoms with Crippen LogP contribution in [0.5, 0.6) is 0 Å². The lowest BCUT2D eigenvalue weighted by atomic mass is 9.68. The van der Waals surface area contributed by atoms with Gasteiger partial charge in [-0.3, -0.25) is 27.0 Å². The zero-order valence-electron chi connectivity index (χ0n) is 72.4. The monoisotopic (exact) mass is 1890 g/mol. The molecule has 7 aliphatic rings. The lowest BCUT2D eigenvalue weighted by Crippen LogP contribution is -2.42. The minimum Gasteiger partial charge on any atom is -0.391 e. The number of halogens is 10. The summed E-state index contributed by atoms with van der Waals surface area (Å²) in [7, 11) is -3.73. The second-order valence-electron chi connectivity index (χ2n) is 33.9. The Morgan fingerprint density at radius 3 is 1.10 bits per heavy atom. The maximum atomic E-state index is 13.0. The highest BCUT2D eigenvalue weighted by molar-refractivity contribution is 7.87. The molecule has 0 aromatic carbocycles. The number of β-amino-alcohol motifs (C(OH)–C–C–N with tert-alkyl or cyclic N) is 1. The van der Waals surface area contributed by atoms with E-state index in [0.717, 1.165) is 102 Å². The highest BCUT2D eigenvalue weighted by atomic mass is 32.2. The summed E-state index contributed by atoms with van der Waals surface area (Å²) in [5, 5.41) is 14.7. The Labute approximate surface area is 767 Å². The van der Waals surface area contributed by atoms with E-state index in [-0.39, 0.29) is 47.0 Å². The van der Waals surface area contributed by atoms with Crippen molar-refractivity contribution in [2.45, 2.75) is 102 Å². The fourth-order valence-electron chi connectivity index (χ4n) is 17.8. The van der Waals surface area contributed by atoms with Gasteiger partial charge in [0.25, 0.3) is 42.3 Å². The van der Waals surface area contributed by atoms with Gasteiger partial charge in [0.05, 0.1) is 81.3 Å². The molecule has 37 nitrogen and oxygen atoms in total. The fourth-order valence-corrected chi connectivity index (χ4v) is 18.2. The second kappa shape index (κ2) is 39.4. The Hall–Kier alpha value is -14.3. The summed E-state index contributed by atoms with van der Waals surface area (Å²) in [5.41, 5.74) is 5.08. The smallest absolute Gasteiger partial charge is 0.281 e. The standard InChI is InChI=1S/C20H17F2N7.C18H18F2N6O.C18H18F2N6.C17H20F2N8O2S.C15H14F2N6O/c21-19(22)15-12-29-16(9-26-18(29)10-25-15)20-24-6-3-17(27-20)28-7-4-14(11-28)13-2-1-5-23-8-13;19-17(20)13-8-26-14(5-23-16(26)6-22-13)18-21-3-1-15(24-18)25-4-2-11(7-25)12-9-27-10-12;19-16(20)12-10-26-13(8-23-15(26)9-22-12)17-21-6-2-14(24-17)25-7-5-18(11-25)3-1-4-18;18-16(19)12-10-27-13(7-23-15(27)8-22-12)17-21-4-3-14(25-17)26-5-1-2-11(9-26)6-24-30(20,28)29;16-14(17)10-8-23-11(5-20-13(23)6-19-10)15-18-3-1-12(21-15)22-4-2-9(24)7-22/h1-3,5-6,8-10,12,14,19H,4,7,11H2;1,3,5-6,8,11-12,17H,2,4,7,9-10H2;2,6,8-10,16H,1,3-5,7,11H2;3-4,7-8,10-11,16,24H,1-2,5-6,9H2,(H2,20,28,29);1,3,5-6,8-9,14,24H,2,4,7H2. The van der Waals surface area contributed by atoms with Crippen molar-refractivity contribution in [2.24, 2.45) is 28.3 Å². The van der Waals surface area contributed by atoms with E-state index in [1.807, 2.05) is 40.3 Å². The van der Waals surface area contributed by atoms with Crippen molar-refractivity contribution in [1.29, 1.82) is 0 Å². The lowest BCUT2D eigenvalue weighted by Gasteiger charge is -2.38. The van der Waals surface area contributed by atoms with Gasteiger partial charge in [0, 0.05) is 158 Å². The van der Waals surface area contributed by atoms with Crippen molar-refractivity contribution in [2.75, 3.05) is 110 Å². The SMILES string of the molecule is FC(F)c1cn2c(-c3nccc(N4CCC(C5COC5)C4)n3)cnc2cn1.FC(F)c1cn2c(-c3nccc(N4CCC(c5cccnc5)C4)n3)cnc2cn1.FC(F)c1cn2c(-c3nccc(N4CCC5(CCC5)C4)n3)cnc2cn1.NS(=O)(=O)NCC1CCCN(c2ccnc(-c3cnc4cnc(C(F)F)cn34)n2)C1.OC1CCN(c2ccnc(-c3cnc4cnc(C(F)F)cn34)n2)C1. The van der Waals surface area contributed by atoms with Crippen LogP contribution in [0.3, 0.4) is 0 Å². The number of aliphatic hydroxyl groups excluding tert-OH is 1. The van der Waals surface area contributed by atoms with Gasteiger partial charge >= 0.3 is 0 Å². The second-order valence-corrected chi connectivity index (χ2v) is 35.3. The van der Waals surface area contributed by atoms with Gasteiger partial charge in [0.1, 0.15) is 86.0 Å². The summed E-state index contributed by atoms with van der Waals surface area (Å²) < 4.78 is 167. The molecule has 16 aromatic rings. The largest absolute Gasteiger partial charge is 0.391 e. The Morgan fingerprint density at radius 2 is 0.765 bits per heavy atom. The van der Waals surface area contributed by atoms with E-state index in [1.54, 1.807) is 81.1 Å². The summed E-state index contributed by atoms with van der Waals surface area (Å²) in [6, 6.07) is 13.2. The van der Waals surface area contributed by atoms with E-state index in [2.05, 4.69) is 125 Å². The topological polar surface area (TPSA) is 411 Å². The van der Waals surface area contributed by atoms with Gasteiger partial charge in [-0.2, -0.15) is 8.42 Å². The Morgan fingerprint density at radius 1 is 0.390 bits per heavy atom. The summed E-state index contributed by atoms with van der Waals surface area (Å²) in [6.07, 6.45) is 28.8.